The second kappa shape index (κ2) is 10.5. The Bertz CT molecular complexity index is 100. The Morgan fingerprint density at radius 3 is 2.75 bits per heavy atom. The molecule has 0 aliphatic rings. The van der Waals surface area contributed by atoms with Crippen LogP contribution in [-0.4, -0.2) is 13.1 Å². The number of hydrogen-bond acceptors (Lipinski definition) is 2. The van der Waals surface area contributed by atoms with E-state index in [4.69, 9.17) is 5.73 Å². The van der Waals surface area contributed by atoms with Crippen molar-refractivity contribution in [3.05, 3.63) is 12.3 Å². The zero-order valence-electron chi connectivity index (χ0n) is 8.18. The molecule has 12 heavy (non-hydrogen) atoms. The average molecular weight is 170 g/mol. The minimum atomic E-state index is 0.709. The van der Waals surface area contributed by atoms with Gasteiger partial charge < -0.3 is 11.1 Å². The summed E-state index contributed by atoms with van der Waals surface area (Å²) < 4.78 is 0. The van der Waals surface area contributed by atoms with E-state index in [0.717, 1.165) is 6.54 Å². The fourth-order valence-corrected chi connectivity index (χ4v) is 1.02. The van der Waals surface area contributed by atoms with E-state index in [1.54, 1.807) is 0 Å². The van der Waals surface area contributed by atoms with Crippen LogP contribution in [0.25, 0.3) is 0 Å². The lowest BCUT2D eigenvalue weighted by Gasteiger charge is -1.96. The van der Waals surface area contributed by atoms with Crippen molar-refractivity contribution in [1.29, 1.82) is 0 Å². The first-order chi connectivity index (χ1) is 5.91. The molecule has 0 unspecified atom stereocenters. The van der Waals surface area contributed by atoms with Gasteiger partial charge in [0.25, 0.3) is 0 Å². The van der Waals surface area contributed by atoms with Crippen LogP contribution in [0.2, 0.25) is 0 Å². The zero-order chi connectivity index (χ0) is 9.07. The highest BCUT2D eigenvalue weighted by Gasteiger charge is 1.83. The topological polar surface area (TPSA) is 38.0 Å². The molecule has 0 radical (unpaired) electrons. The maximum atomic E-state index is 5.31. The van der Waals surface area contributed by atoms with Crippen molar-refractivity contribution >= 4 is 0 Å². The first-order valence-electron chi connectivity index (χ1n) is 5.00. The van der Waals surface area contributed by atoms with Crippen LogP contribution >= 0.6 is 0 Å². The Labute approximate surface area is 76.2 Å². The number of rotatable bonds is 8. The number of nitrogens with two attached hydrogens (primary N) is 1. The van der Waals surface area contributed by atoms with Crippen LogP contribution in [0.4, 0.5) is 0 Å². The largest absolute Gasteiger partial charge is 0.390 e. The van der Waals surface area contributed by atoms with Crippen LogP contribution in [0.3, 0.4) is 0 Å². The van der Waals surface area contributed by atoms with Gasteiger partial charge in [0.05, 0.1) is 0 Å². The van der Waals surface area contributed by atoms with E-state index in [9.17, 15) is 0 Å². The van der Waals surface area contributed by atoms with Crippen LogP contribution < -0.4 is 11.1 Å². The number of unbranched alkanes of at least 4 members (excludes halogenated alkanes) is 4. The Kier molecular flexibility index (Phi) is 10.1. The zero-order valence-corrected chi connectivity index (χ0v) is 8.18. The number of hydrogen-bond donors (Lipinski definition) is 2. The monoisotopic (exact) mass is 170 g/mol. The molecule has 0 aromatic carbocycles. The molecule has 2 heteroatoms. The molecular formula is C10H22N2. The standard InChI is InChI=1S/C10H22N2/c1-2-3-4-5-6-7-9-12-10-8-11/h7,9,12H,2-6,8,10-11H2,1H3/b9-7+. The first kappa shape index (κ1) is 11.5. The van der Waals surface area contributed by atoms with Gasteiger partial charge in [0.15, 0.2) is 0 Å². The number of nitrogens with one attached hydrogen (secondary N) is 1. The van der Waals surface area contributed by atoms with Crippen molar-refractivity contribution in [2.75, 3.05) is 13.1 Å². The molecule has 0 bridgehead atoms. The Balaban J connectivity index is 2.92. The van der Waals surface area contributed by atoms with E-state index in [2.05, 4.69) is 18.3 Å². The van der Waals surface area contributed by atoms with Crippen molar-refractivity contribution < 1.29 is 0 Å². The van der Waals surface area contributed by atoms with Crippen molar-refractivity contribution in [2.45, 2.75) is 39.0 Å². The third kappa shape index (κ3) is 9.50. The van der Waals surface area contributed by atoms with Crippen molar-refractivity contribution in [2.24, 2.45) is 5.73 Å². The van der Waals surface area contributed by atoms with Gasteiger partial charge in [0.1, 0.15) is 0 Å². The molecule has 0 aromatic heterocycles. The minimum absolute atomic E-state index is 0.709. The van der Waals surface area contributed by atoms with Crippen LogP contribution in [0, 0.1) is 0 Å². The summed E-state index contributed by atoms with van der Waals surface area (Å²) in [5.41, 5.74) is 5.31. The van der Waals surface area contributed by atoms with Gasteiger partial charge >= 0.3 is 0 Å². The highest BCUT2D eigenvalue weighted by molar-refractivity contribution is 4.78. The predicted molar refractivity (Wildman–Crippen MR) is 55.0 cm³/mol. The molecule has 0 aliphatic carbocycles. The summed E-state index contributed by atoms with van der Waals surface area (Å²) in [6, 6.07) is 0. The van der Waals surface area contributed by atoms with Crippen LogP contribution in [0.15, 0.2) is 12.3 Å². The van der Waals surface area contributed by atoms with Gasteiger partial charge in [-0.05, 0) is 19.0 Å². The summed E-state index contributed by atoms with van der Waals surface area (Å²) in [6.07, 6.45) is 10.7. The molecule has 0 fully saturated rings. The smallest absolute Gasteiger partial charge is 0.0264 e. The molecule has 0 amide bonds. The average Bonchev–Trinajstić information content (AvgIpc) is 2.10. The van der Waals surface area contributed by atoms with Crippen molar-refractivity contribution in [3.63, 3.8) is 0 Å². The summed E-state index contributed by atoms with van der Waals surface area (Å²) in [5.74, 6) is 0. The van der Waals surface area contributed by atoms with Gasteiger partial charge in [0, 0.05) is 13.1 Å². The first-order valence-corrected chi connectivity index (χ1v) is 5.00. The van der Waals surface area contributed by atoms with Gasteiger partial charge in [-0.2, -0.15) is 0 Å². The Morgan fingerprint density at radius 1 is 1.25 bits per heavy atom. The second-order valence-corrected chi connectivity index (χ2v) is 2.99. The van der Waals surface area contributed by atoms with Crippen molar-refractivity contribution in [1.82, 2.24) is 5.32 Å². The molecule has 0 rings (SSSR count). The van der Waals surface area contributed by atoms with Gasteiger partial charge in [-0.15, -0.1) is 0 Å². The quantitative estimate of drug-likeness (QED) is 0.547. The molecule has 72 valence electrons. The molecule has 0 atom stereocenters. The summed E-state index contributed by atoms with van der Waals surface area (Å²) >= 11 is 0. The lowest BCUT2D eigenvalue weighted by molar-refractivity contribution is 0.673. The lowest BCUT2D eigenvalue weighted by Crippen LogP contribution is -2.16. The van der Waals surface area contributed by atoms with Crippen LogP contribution in [0.1, 0.15) is 39.0 Å². The van der Waals surface area contributed by atoms with E-state index in [-0.39, 0.29) is 0 Å². The molecule has 0 saturated heterocycles. The highest BCUT2D eigenvalue weighted by atomic mass is 14.8. The molecule has 3 N–H and O–H groups in total. The number of allylic oxidation sites excluding steroid dienone is 1. The maximum Gasteiger partial charge on any atom is 0.0264 e. The SMILES string of the molecule is CCCCCC/C=C/NCCN. The van der Waals surface area contributed by atoms with E-state index in [0.29, 0.717) is 6.54 Å². The second-order valence-electron chi connectivity index (χ2n) is 2.99. The molecule has 0 aromatic rings. The minimum Gasteiger partial charge on any atom is -0.390 e. The third-order valence-corrected chi connectivity index (χ3v) is 1.75. The van der Waals surface area contributed by atoms with E-state index < -0.39 is 0 Å². The maximum absolute atomic E-state index is 5.31. The normalized spacial score (nSPS) is 10.8. The van der Waals surface area contributed by atoms with Crippen LogP contribution in [0.5, 0.6) is 0 Å². The van der Waals surface area contributed by atoms with Gasteiger partial charge in [-0.25, -0.2) is 0 Å². The summed E-state index contributed by atoms with van der Waals surface area (Å²) in [6.45, 7) is 3.82. The molecule has 0 aliphatic heterocycles. The van der Waals surface area contributed by atoms with Gasteiger partial charge in [-0.3, -0.25) is 0 Å². The Morgan fingerprint density at radius 2 is 2.08 bits per heavy atom. The fraction of sp³-hybridized carbons (Fsp3) is 0.800. The molecular weight excluding hydrogens is 148 g/mol. The lowest BCUT2D eigenvalue weighted by atomic mass is 10.1. The third-order valence-electron chi connectivity index (χ3n) is 1.75. The van der Waals surface area contributed by atoms with Gasteiger partial charge in [0.2, 0.25) is 0 Å². The molecule has 0 heterocycles. The summed E-state index contributed by atoms with van der Waals surface area (Å²) in [4.78, 5) is 0. The molecule has 0 saturated carbocycles. The summed E-state index contributed by atoms with van der Waals surface area (Å²) in [5, 5.41) is 3.12. The van der Waals surface area contributed by atoms with Crippen LogP contribution in [-0.2, 0) is 0 Å². The molecule has 0 spiro atoms. The van der Waals surface area contributed by atoms with Crippen molar-refractivity contribution in [3.8, 4) is 0 Å². The molecule has 2 nitrogen and oxygen atoms in total. The Hall–Kier alpha value is -0.500. The summed E-state index contributed by atoms with van der Waals surface area (Å²) in [7, 11) is 0. The van der Waals surface area contributed by atoms with E-state index in [1.807, 2.05) is 6.20 Å². The van der Waals surface area contributed by atoms with E-state index in [1.165, 1.54) is 32.1 Å². The van der Waals surface area contributed by atoms with E-state index >= 15 is 0 Å². The predicted octanol–water partition coefficient (Wildman–Crippen LogP) is 2.02. The fourth-order valence-electron chi connectivity index (χ4n) is 1.02. The highest BCUT2D eigenvalue weighted by Crippen LogP contribution is 2.02. The van der Waals surface area contributed by atoms with Gasteiger partial charge in [-0.1, -0.05) is 32.3 Å².